The number of amides is 1. The zero-order chi connectivity index (χ0) is 25.3. The molecule has 1 aliphatic heterocycles. The first-order valence-corrected chi connectivity index (χ1v) is 12.4. The van der Waals surface area contributed by atoms with E-state index in [0.29, 0.717) is 27.5 Å². The number of anilines is 2. The number of carbonyl (C=O) groups is 1. The van der Waals surface area contributed by atoms with E-state index in [4.69, 9.17) is 32.7 Å². The lowest BCUT2D eigenvalue weighted by Crippen LogP contribution is -2.35. The van der Waals surface area contributed by atoms with Gasteiger partial charge in [-0.15, -0.1) is 0 Å². The number of hydrogen-bond acceptors (Lipinski definition) is 6. The van der Waals surface area contributed by atoms with Crippen molar-refractivity contribution in [3.05, 3.63) is 58.1 Å². The molecule has 0 bridgehead atoms. The number of hydrazine groups is 1. The van der Waals surface area contributed by atoms with Crippen molar-refractivity contribution < 1.29 is 14.3 Å². The number of halogens is 2. The molecule has 4 rings (SSSR count). The summed E-state index contributed by atoms with van der Waals surface area (Å²) in [6.45, 7) is 3.58. The van der Waals surface area contributed by atoms with Crippen molar-refractivity contribution in [1.29, 1.82) is 0 Å². The van der Waals surface area contributed by atoms with Crippen molar-refractivity contribution >= 4 is 40.5 Å². The second-order valence-electron chi connectivity index (χ2n) is 9.23. The zero-order valence-corrected chi connectivity index (χ0v) is 22.0. The van der Waals surface area contributed by atoms with Crippen LogP contribution < -0.4 is 30.5 Å². The van der Waals surface area contributed by atoms with Crippen molar-refractivity contribution in [2.24, 2.45) is 5.92 Å². The molecule has 188 valence electrons. The molecule has 2 fully saturated rings. The van der Waals surface area contributed by atoms with Crippen molar-refractivity contribution in [3.8, 4) is 11.5 Å². The summed E-state index contributed by atoms with van der Waals surface area (Å²) in [5.74, 6) is 1.37. The molecule has 4 atom stereocenters. The molecule has 2 aromatic rings. The molecule has 3 unspecified atom stereocenters. The molecule has 0 spiro atoms. The maximum Gasteiger partial charge on any atom is 0.247 e. The average molecular weight is 519 g/mol. The number of nitrogens with one attached hydrogen (secondary N) is 3. The van der Waals surface area contributed by atoms with Gasteiger partial charge in [0, 0.05) is 43.1 Å². The Morgan fingerprint density at radius 2 is 1.80 bits per heavy atom. The first kappa shape index (κ1) is 25.6. The second kappa shape index (κ2) is 10.7. The Morgan fingerprint density at radius 3 is 2.40 bits per heavy atom. The highest BCUT2D eigenvalue weighted by Gasteiger charge is 2.43. The molecule has 1 saturated carbocycles. The third kappa shape index (κ3) is 4.96. The van der Waals surface area contributed by atoms with Crippen LogP contribution in [-0.2, 0) is 4.79 Å². The van der Waals surface area contributed by atoms with Gasteiger partial charge in [-0.05, 0) is 60.9 Å². The number of nitrogens with zero attached hydrogens (tertiary/aromatic N) is 1. The van der Waals surface area contributed by atoms with E-state index >= 15 is 0 Å². The van der Waals surface area contributed by atoms with Crippen LogP contribution >= 0.6 is 23.2 Å². The lowest BCUT2D eigenvalue weighted by atomic mass is 9.72. The van der Waals surface area contributed by atoms with Gasteiger partial charge < -0.3 is 19.7 Å². The van der Waals surface area contributed by atoms with E-state index in [9.17, 15) is 4.79 Å². The van der Waals surface area contributed by atoms with Crippen LogP contribution in [0.1, 0.15) is 42.3 Å². The summed E-state index contributed by atoms with van der Waals surface area (Å²) in [7, 11) is 7.19. The van der Waals surface area contributed by atoms with Gasteiger partial charge in [-0.2, -0.15) is 0 Å². The molecule has 1 aliphatic carbocycles. The number of carbonyl (C=O) groups excluding carboxylic acids is 1. The average Bonchev–Trinajstić information content (AvgIpc) is 3.27. The van der Waals surface area contributed by atoms with Crippen molar-refractivity contribution in [1.82, 2.24) is 10.9 Å². The molecule has 2 aliphatic rings. The molecule has 1 amide bonds. The SMILES string of the molecule is C=CC(=O)Nc1ccc(N(C)C)cc1C1NNC2C[C@H](c3c(Cl)c(OC)cc(OC)c3Cl)CCC21. The first-order chi connectivity index (χ1) is 16.8. The lowest BCUT2D eigenvalue weighted by Gasteiger charge is -2.34. The Bertz CT molecular complexity index is 1100. The van der Waals surface area contributed by atoms with E-state index in [0.717, 1.165) is 41.8 Å². The fraction of sp³-hybridized carbons (Fsp3) is 0.423. The Kier molecular flexibility index (Phi) is 7.81. The van der Waals surface area contributed by atoms with E-state index in [1.165, 1.54) is 6.08 Å². The number of hydrogen-bond donors (Lipinski definition) is 3. The minimum Gasteiger partial charge on any atom is -0.495 e. The van der Waals surface area contributed by atoms with Gasteiger partial charge in [0.1, 0.15) is 11.5 Å². The molecule has 1 saturated heterocycles. The van der Waals surface area contributed by atoms with Crippen molar-refractivity contribution in [2.75, 3.05) is 38.5 Å². The molecule has 0 radical (unpaired) electrons. The predicted octanol–water partition coefficient (Wildman–Crippen LogP) is 5.30. The number of methoxy groups -OCH3 is 2. The van der Waals surface area contributed by atoms with Crippen LogP contribution in [0, 0.1) is 5.92 Å². The van der Waals surface area contributed by atoms with Gasteiger partial charge in [0.25, 0.3) is 0 Å². The standard InChI is InChI=1S/C26H32Cl2N4O3/c1-6-22(33)29-18-10-8-15(32(2)3)12-17(18)26-16-9-7-14(11-19(16)30-31-26)23-24(27)20(34-4)13-21(35-5)25(23)28/h6,8,10,12-14,16,19,26,30-31H,1,7,9,11H2,2-5H3,(H,29,33)/t14-,16?,19?,26?/m1/s1. The molecule has 0 aromatic heterocycles. The smallest absolute Gasteiger partial charge is 0.247 e. The number of rotatable bonds is 7. The molecule has 2 aromatic carbocycles. The van der Waals surface area contributed by atoms with Crippen LogP contribution in [0.3, 0.4) is 0 Å². The molecular formula is C26H32Cl2N4O3. The molecule has 9 heteroatoms. The molecule has 7 nitrogen and oxygen atoms in total. The van der Waals surface area contributed by atoms with Gasteiger partial charge in [-0.3, -0.25) is 10.2 Å². The van der Waals surface area contributed by atoms with Crippen LogP contribution in [0.15, 0.2) is 36.9 Å². The zero-order valence-electron chi connectivity index (χ0n) is 20.5. The van der Waals surface area contributed by atoms with E-state index in [1.807, 2.05) is 26.2 Å². The number of ether oxygens (including phenoxy) is 2. The molecule has 1 heterocycles. The Hall–Kier alpha value is -2.45. The summed E-state index contributed by atoms with van der Waals surface area (Å²) in [6.07, 6.45) is 4.01. The van der Waals surface area contributed by atoms with Crippen molar-refractivity contribution in [2.45, 2.75) is 37.3 Å². The third-order valence-electron chi connectivity index (χ3n) is 7.10. The minimum absolute atomic E-state index is 0.0340. The molecule has 35 heavy (non-hydrogen) atoms. The van der Waals surface area contributed by atoms with Gasteiger partial charge in [0.15, 0.2) is 0 Å². The molecule has 3 N–H and O–H groups in total. The summed E-state index contributed by atoms with van der Waals surface area (Å²) >= 11 is 13.4. The highest BCUT2D eigenvalue weighted by molar-refractivity contribution is 6.38. The Labute approximate surface area is 216 Å². The highest BCUT2D eigenvalue weighted by Crippen LogP contribution is 2.51. The summed E-state index contributed by atoms with van der Waals surface area (Å²) in [5, 5.41) is 4.05. The number of benzene rings is 2. The maximum atomic E-state index is 12.1. The monoisotopic (exact) mass is 518 g/mol. The van der Waals surface area contributed by atoms with E-state index < -0.39 is 0 Å². The Morgan fingerprint density at radius 1 is 1.11 bits per heavy atom. The number of fused-ring (bicyclic) bond motifs is 1. The highest BCUT2D eigenvalue weighted by atomic mass is 35.5. The summed E-state index contributed by atoms with van der Waals surface area (Å²) in [6, 6.07) is 8.05. The van der Waals surface area contributed by atoms with Crippen LogP contribution in [0.5, 0.6) is 11.5 Å². The maximum absolute atomic E-state index is 12.1. The van der Waals surface area contributed by atoms with Gasteiger partial charge in [-0.1, -0.05) is 29.8 Å². The van der Waals surface area contributed by atoms with E-state index in [1.54, 1.807) is 20.3 Å². The van der Waals surface area contributed by atoms with Crippen LogP contribution in [0.2, 0.25) is 10.0 Å². The predicted molar refractivity (Wildman–Crippen MR) is 142 cm³/mol. The van der Waals surface area contributed by atoms with E-state index in [2.05, 4.69) is 33.7 Å². The molecular weight excluding hydrogens is 487 g/mol. The topological polar surface area (TPSA) is 74.9 Å². The summed E-state index contributed by atoms with van der Waals surface area (Å²) < 4.78 is 11.0. The van der Waals surface area contributed by atoms with Gasteiger partial charge in [-0.25, -0.2) is 5.43 Å². The minimum atomic E-state index is -0.230. The second-order valence-corrected chi connectivity index (χ2v) is 9.98. The van der Waals surface area contributed by atoms with E-state index in [-0.39, 0.29) is 23.9 Å². The first-order valence-electron chi connectivity index (χ1n) is 11.6. The van der Waals surface area contributed by atoms with Crippen LogP contribution in [-0.4, -0.2) is 40.3 Å². The van der Waals surface area contributed by atoms with Gasteiger partial charge in [0.05, 0.1) is 30.3 Å². The lowest BCUT2D eigenvalue weighted by molar-refractivity contribution is -0.111. The third-order valence-corrected chi connectivity index (χ3v) is 7.88. The van der Waals surface area contributed by atoms with Gasteiger partial charge >= 0.3 is 0 Å². The van der Waals surface area contributed by atoms with Gasteiger partial charge in [0.2, 0.25) is 5.91 Å². The summed E-state index contributed by atoms with van der Waals surface area (Å²) in [4.78, 5) is 14.2. The fourth-order valence-corrected chi connectivity index (χ4v) is 6.09. The van der Waals surface area contributed by atoms with Crippen LogP contribution in [0.25, 0.3) is 0 Å². The fourth-order valence-electron chi connectivity index (χ4n) is 5.28. The normalized spacial score (nSPS) is 23.4. The largest absolute Gasteiger partial charge is 0.495 e. The van der Waals surface area contributed by atoms with Crippen LogP contribution in [0.4, 0.5) is 11.4 Å². The van der Waals surface area contributed by atoms with Crippen molar-refractivity contribution in [3.63, 3.8) is 0 Å². The quantitative estimate of drug-likeness (QED) is 0.431. The summed E-state index contributed by atoms with van der Waals surface area (Å²) in [5.41, 5.74) is 10.8. The Balaban J connectivity index is 1.62.